The predicted molar refractivity (Wildman–Crippen MR) is 219 cm³/mol. The fourth-order valence-electron chi connectivity index (χ4n) is 8.80. The maximum absolute atomic E-state index is 5.24. The van der Waals surface area contributed by atoms with E-state index in [1.807, 2.05) is 6.07 Å². The lowest BCUT2D eigenvalue weighted by atomic mass is 9.70. The monoisotopic (exact) mass is 677 g/mol. The van der Waals surface area contributed by atoms with Gasteiger partial charge in [0.2, 0.25) is 0 Å². The Bertz CT molecular complexity index is 2690. The minimum Gasteiger partial charge on any atom is -0.193 e. The summed E-state index contributed by atoms with van der Waals surface area (Å²) in [5, 5.41) is 2.69. The minimum atomic E-state index is -0.348. The van der Waals surface area contributed by atoms with Gasteiger partial charge in [-0.05, 0) is 114 Å². The third-order valence-electron chi connectivity index (χ3n) is 11.0. The van der Waals surface area contributed by atoms with Gasteiger partial charge in [-0.15, -0.1) is 0 Å². The summed E-state index contributed by atoms with van der Waals surface area (Å²) in [6, 6.07) is 68.2. The molecule has 0 bridgehead atoms. The quantitative estimate of drug-likeness (QED) is 0.130. The molecule has 2 heteroatoms. The number of thiocarbonyl (C=S) groups is 1. The van der Waals surface area contributed by atoms with Crippen LogP contribution in [0.15, 0.2) is 193 Å². The standard InChI is InChI=1S/C50H31NS/c52-32-51-49-42(34-16-5-2-6-17-34)30-38(33-14-3-1-4-15-33)31-43(49)37-19-13-18-35(28-37)36-26-27-48-44(29-36)41-22-9-12-25-47(41)50(48)45-23-10-7-20-39(45)40-21-8-11-24-46(40)50/h1-31H. The molecule has 0 heterocycles. The van der Waals surface area contributed by atoms with Gasteiger partial charge in [0.1, 0.15) is 0 Å². The zero-order valence-corrected chi connectivity index (χ0v) is 29.1. The first-order chi connectivity index (χ1) is 25.8. The van der Waals surface area contributed by atoms with E-state index < -0.39 is 0 Å². The molecule has 0 saturated heterocycles. The Hall–Kier alpha value is -6.44. The molecule has 8 aromatic rings. The second-order valence-corrected chi connectivity index (χ2v) is 13.8. The highest BCUT2D eigenvalue weighted by molar-refractivity contribution is 7.78. The second kappa shape index (κ2) is 12.1. The number of hydrogen-bond acceptors (Lipinski definition) is 2. The van der Waals surface area contributed by atoms with E-state index in [9.17, 15) is 0 Å². The van der Waals surface area contributed by atoms with Crippen molar-refractivity contribution in [3.05, 3.63) is 210 Å². The minimum absolute atomic E-state index is 0.348. The fourth-order valence-corrected chi connectivity index (χ4v) is 8.89. The smallest absolute Gasteiger partial charge is 0.0896 e. The summed E-state index contributed by atoms with van der Waals surface area (Å²) in [5.41, 5.74) is 19.9. The molecule has 1 nitrogen and oxygen atoms in total. The molecule has 1 spiro atoms. The largest absolute Gasteiger partial charge is 0.193 e. The zero-order chi connectivity index (χ0) is 34.6. The van der Waals surface area contributed by atoms with Crippen LogP contribution in [0.1, 0.15) is 22.3 Å². The first-order valence-electron chi connectivity index (χ1n) is 17.7. The molecule has 0 aromatic heterocycles. The molecule has 2 aliphatic rings. The second-order valence-electron chi connectivity index (χ2n) is 13.6. The van der Waals surface area contributed by atoms with E-state index in [1.54, 1.807) is 0 Å². The van der Waals surface area contributed by atoms with E-state index in [4.69, 9.17) is 17.2 Å². The van der Waals surface area contributed by atoms with Crippen LogP contribution in [0.2, 0.25) is 0 Å². The van der Waals surface area contributed by atoms with Crippen molar-refractivity contribution in [2.45, 2.75) is 5.41 Å². The summed E-state index contributed by atoms with van der Waals surface area (Å²) in [4.78, 5) is 4.71. The van der Waals surface area contributed by atoms with Crippen molar-refractivity contribution in [3.63, 3.8) is 0 Å². The molecule has 8 aromatic carbocycles. The maximum atomic E-state index is 5.24. The first kappa shape index (κ1) is 30.4. The number of benzene rings is 8. The van der Waals surface area contributed by atoms with Crippen LogP contribution in [0.4, 0.5) is 5.69 Å². The highest BCUT2D eigenvalue weighted by Gasteiger charge is 2.51. The van der Waals surface area contributed by atoms with Crippen LogP contribution in [0.25, 0.3) is 66.8 Å². The van der Waals surface area contributed by atoms with Crippen LogP contribution in [-0.2, 0) is 5.41 Å². The lowest BCUT2D eigenvalue weighted by molar-refractivity contribution is 0.794. The zero-order valence-electron chi connectivity index (χ0n) is 28.3. The van der Waals surface area contributed by atoms with Gasteiger partial charge in [0.05, 0.1) is 16.3 Å². The average Bonchev–Trinajstić information content (AvgIpc) is 3.69. The summed E-state index contributed by atoms with van der Waals surface area (Å²) in [5.74, 6) is 0. The normalized spacial score (nSPS) is 12.8. The number of rotatable bonds is 5. The number of fused-ring (bicyclic) bond motifs is 10. The predicted octanol–water partition coefficient (Wildman–Crippen LogP) is 13.4. The highest BCUT2D eigenvalue weighted by Crippen LogP contribution is 2.63. The Morgan fingerprint density at radius 2 is 0.769 bits per heavy atom. The molecule has 0 aliphatic heterocycles. The Balaban J connectivity index is 1.16. The van der Waals surface area contributed by atoms with Crippen LogP contribution in [0, 0.1) is 0 Å². The molecule has 0 atom stereocenters. The molecule has 0 radical (unpaired) electrons. The summed E-state index contributed by atoms with van der Waals surface area (Å²) in [6.07, 6.45) is 0. The molecule has 0 saturated carbocycles. The van der Waals surface area contributed by atoms with Crippen molar-refractivity contribution < 1.29 is 0 Å². The van der Waals surface area contributed by atoms with Gasteiger partial charge < -0.3 is 0 Å². The highest BCUT2D eigenvalue weighted by atomic mass is 32.1. The van der Waals surface area contributed by atoms with Crippen molar-refractivity contribution in [3.8, 4) is 66.8 Å². The third kappa shape index (κ3) is 4.49. The van der Waals surface area contributed by atoms with E-state index in [2.05, 4.69) is 187 Å². The lowest BCUT2D eigenvalue weighted by Gasteiger charge is -2.30. The van der Waals surface area contributed by atoms with Gasteiger partial charge in [0.15, 0.2) is 0 Å². The van der Waals surface area contributed by atoms with E-state index in [1.165, 1.54) is 50.1 Å². The Morgan fingerprint density at radius 3 is 1.38 bits per heavy atom. The van der Waals surface area contributed by atoms with Gasteiger partial charge in [-0.1, -0.05) is 164 Å². The molecule has 0 amide bonds. The summed E-state index contributed by atoms with van der Waals surface area (Å²) in [6.45, 7) is 0. The molecule has 2 aliphatic carbocycles. The van der Waals surface area contributed by atoms with Crippen molar-refractivity contribution in [2.75, 3.05) is 0 Å². The molecule has 10 rings (SSSR count). The van der Waals surface area contributed by atoms with Crippen molar-refractivity contribution in [1.82, 2.24) is 0 Å². The molecule has 0 N–H and O–H groups in total. The number of hydrogen-bond donors (Lipinski definition) is 0. The van der Waals surface area contributed by atoms with Crippen LogP contribution >= 0.6 is 12.2 Å². The topological polar surface area (TPSA) is 12.4 Å². The Labute approximate surface area is 309 Å². The molecule has 242 valence electrons. The van der Waals surface area contributed by atoms with Crippen molar-refractivity contribution in [2.24, 2.45) is 4.99 Å². The first-order valence-corrected chi connectivity index (χ1v) is 18.1. The van der Waals surface area contributed by atoms with Gasteiger partial charge >= 0.3 is 0 Å². The molecular formula is C50H31NS. The third-order valence-corrected chi connectivity index (χ3v) is 11.1. The Kier molecular flexibility index (Phi) is 7.08. The van der Waals surface area contributed by atoms with Gasteiger partial charge in [0, 0.05) is 11.1 Å². The molecule has 52 heavy (non-hydrogen) atoms. The van der Waals surface area contributed by atoms with Gasteiger partial charge in [-0.3, -0.25) is 0 Å². The number of nitrogens with zero attached hydrogens (tertiary/aromatic N) is 1. The summed E-state index contributed by atoms with van der Waals surface area (Å²) in [7, 11) is 0. The fraction of sp³-hybridized carbons (Fsp3) is 0.0200. The van der Waals surface area contributed by atoms with E-state index in [-0.39, 0.29) is 5.41 Å². The molecule has 0 fully saturated rings. The van der Waals surface area contributed by atoms with Gasteiger partial charge in [0.25, 0.3) is 0 Å². The number of isothiocyanates is 1. The van der Waals surface area contributed by atoms with E-state index >= 15 is 0 Å². The van der Waals surface area contributed by atoms with Crippen LogP contribution in [-0.4, -0.2) is 5.16 Å². The van der Waals surface area contributed by atoms with Gasteiger partial charge in [-0.25, -0.2) is 0 Å². The van der Waals surface area contributed by atoms with E-state index in [0.29, 0.717) is 0 Å². The average molecular weight is 678 g/mol. The maximum Gasteiger partial charge on any atom is 0.0896 e. The molecular weight excluding hydrogens is 647 g/mol. The van der Waals surface area contributed by atoms with Crippen LogP contribution < -0.4 is 0 Å². The summed E-state index contributed by atoms with van der Waals surface area (Å²) >= 11 is 5.24. The Morgan fingerprint density at radius 1 is 0.327 bits per heavy atom. The van der Waals surface area contributed by atoms with Crippen molar-refractivity contribution in [1.29, 1.82) is 0 Å². The van der Waals surface area contributed by atoms with Crippen molar-refractivity contribution >= 4 is 23.1 Å². The molecule has 0 unspecified atom stereocenters. The van der Waals surface area contributed by atoms with Crippen LogP contribution in [0.5, 0.6) is 0 Å². The summed E-state index contributed by atoms with van der Waals surface area (Å²) < 4.78 is 0. The SMILES string of the molecule is S=C=Nc1c(-c2ccccc2)cc(-c2ccccc2)cc1-c1cccc(-c2ccc3c(c2)-c2ccccc2C32c3ccccc3-c3ccccc32)c1. The van der Waals surface area contributed by atoms with E-state index in [0.717, 1.165) is 44.6 Å². The van der Waals surface area contributed by atoms with Crippen LogP contribution in [0.3, 0.4) is 0 Å². The lowest BCUT2D eigenvalue weighted by Crippen LogP contribution is -2.25. The van der Waals surface area contributed by atoms with Gasteiger partial charge in [-0.2, -0.15) is 4.99 Å². The number of aliphatic imine (C=N–C) groups is 1.